The minimum Gasteiger partial charge on any atom is -0.461 e. The van der Waals surface area contributed by atoms with Crippen LogP contribution in [0.25, 0.3) is 11.2 Å². The number of hydrogen-bond acceptors (Lipinski definition) is 10. The summed E-state index contributed by atoms with van der Waals surface area (Å²) < 4.78 is 46.9. The van der Waals surface area contributed by atoms with Gasteiger partial charge in [0.15, 0.2) is 5.65 Å². The lowest BCUT2D eigenvalue weighted by Crippen LogP contribution is -2.63. The molecule has 3 fully saturated rings. The van der Waals surface area contributed by atoms with Crippen LogP contribution in [-0.2, 0) is 20.5 Å². The van der Waals surface area contributed by atoms with Gasteiger partial charge in [0.1, 0.15) is 28.8 Å². The number of ketones is 1. The number of nitrogens with one attached hydrogen (secondary N) is 1. The number of carbonyl (C=O) groups is 3. The Morgan fingerprint density at radius 2 is 1.98 bits per heavy atom. The number of aliphatic hydroxyl groups is 1. The fourth-order valence-corrected chi connectivity index (χ4v) is 9.68. The van der Waals surface area contributed by atoms with Crippen molar-refractivity contribution in [2.24, 2.45) is 34.0 Å². The van der Waals surface area contributed by atoms with Crippen LogP contribution in [0.4, 0.5) is 29.6 Å². The molecule has 268 valence electrons. The van der Waals surface area contributed by atoms with Crippen molar-refractivity contribution in [2.75, 3.05) is 16.8 Å². The van der Waals surface area contributed by atoms with E-state index in [9.17, 15) is 32.7 Å². The average molecular weight is 715 g/mol. The third-order valence-corrected chi connectivity index (χ3v) is 12.9. The molecule has 50 heavy (non-hydrogen) atoms. The minimum atomic E-state index is -4.59. The summed E-state index contributed by atoms with van der Waals surface area (Å²) in [7, 11) is 0. The van der Waals surface area contributed by atoms with Crippen LogP contribution in [-0.4, -0.2) is 60.4 Å². The molecule has 8 atom stereocenters. The number of rotatable bonds is 6. The molecule has 3 aliphatic rings. The van der Waals surface area contributed by atoms with Gasteiger partial charge in [-0.05, 0) is 61.1 Å². The summed E-state index contributed by atoms with van der Waals surface area (Å²) in [6.07, 6.45) is -0.143. The fraction of sp³-hybridized carbons (Fsp3) is 0.543. The van der Waals surface area contributed by atoms with Gasteiger partial charge in [-0.25, -0.2) is 19.3 Å². The molecule has 1 unspecified atom stereocenters. The largest absolute Gasteiger partial charge is 0.461 e. The first-order valence-electron chi connectivity index (χ1n) is 16.6. The molecule has 0 spiro atoms. The maximum absolute atomic E-state index is 13.7. The van der Waals surface area contributed by atoms with Crippen molar-refractivity contribution in [2.45, 2.75) is 83.2 Å². The molecule has 15 heteroatoms. The Bertz CT molecular complexity index is 1870. The Kier molecular flexibility index (Phi) is 9.07. The zero-order valence-corrected chi connectivity index (χ0v) is 29.1. The molecule has 0 saturated heterocycles. The lowest BCUT2D eigenvalue weighted by Gasteiger charge is -2.61. The van der Waals surface area contributed by atoms with Gasteiger partial charge < -0.3 is 20.9 Å². The van der Waals surface area contributed by atoms with E-state index in [1.807, 2.05) is 13.8 Å². The number of imidazole rings is 1. The van der Waals surface area contributed by atoms with Crippen molar-refractivity contribution in [3.8, 4) is 0 Å². The second-order valence-corrected chi connectivity index (χ2v) is 15.5. The highest BCUT2D eigenvalue weighted by molar-refractivity contribution is 8.00. The average Bonchev–Trinajstić information content (AvgIpc) is 3.65. The quantitative estimate of drug-likeness (QED) is 0.111. The molecule has 2 bridgehead atoms. The third kappa shape index (κ3) is 5.85. The number of aromatic nitrogens is 4. The number of anilines is 2. The van der Waals surface area contributed by atoms with E-state index < -0.39 is 52.2 Å². The molecular formula is C35H41F3N6O5S. The molecular weight excluding hydrogens is 673 g/mol. The number of nitrogens with two attached hydrogens (primary N) is 1. The summed E-state index contributed by atoms with van der Waals surface area (Å²) in [5.74, 6) is -1.31. The Hall–Kier alpha value is -3.98. The predicted molar refractivity (Wildman–Crippen MR) is 181 cm³/mol. The second-order valence-electron chi connectivity index (χ2n) is 14.5. The molecule has 6 rings (SSSR count). The second kappa shape index (κ2) is 12.7. The lowest BCUT2D eigenvalue weighted by atomic mass is 9.44. The van der Waals surface area contributed by atoms with Crippen LogP contribution in [0.3, 0.4) is 0 Å². The van der Waals surface area contributed by atoms with Gasteiger partial charge in [-0.15, -0.1) is 6.58 Å². The van der Waals surface area contributed by atoms with E-state index in [0.717, 1.165) is 47.6 Å². The summed E-state index contributed by atoms with van der Waals surface area (Å²) in [5, 5.41) is 14.4. The summed E-state index contributed by atoms with van der Waals surface area (Å²) in [4.78, 5) is 53.0. The van der Waals surface area contributed by atoms with Crippen molar-refractivity contribution in [3.63, 3.8) is 0 Å². The number of esters is 1. The first-order valence-corrected chi connectivity index (χ1v) is 17.6. The number of amides is 1. The number of nitrogen functional groups attached to an aromatic ring is 1. The number of Topliss-reactive ketones (excluding diaryl/α,β-unsaturated/α-hetero) is 1. The van der Waals surface area contributed by atoms with Crippen LogP contribution in [0.2, 0.25) is 0 Å². The SMILES string of the molecule is C=C[C@]1(C)C[C@@H](OC(=O)CSc2nc(N)nc3c2ncn3C(=O)Nc2cccc(C(F)(F)F)c2)[C@@]2(C)C3C(=O)CC[C@@]3(CC[C@H]2C)[C@@H](C)[C@@H]1O. The molecule has 2 heterocycles. The zero-order valence-electron chi connectivity index (χ0n) is 28.3. The van der Waals surface area contributed by atoms with E-state index in [4.69, 9.17) is 10.5 Å². The third-order valence-electron chi connectivity index (χ3n) is 11.9. The van der Waals surface area contributed by atoms with Gasteiger partial charge in [-0.3, -0.25) is 9.59 Å². The maximum atomic E-state index is 13.7. The van der Waals surface area contributed by atoms with Crippen molar-refractivity contribution in [1.82, 2.24) is 19.5 Å². The van der Waals surface area contributed by atoms with Crippen LogP contribution in [0.1, 0.15) is 65.4 Å². The summed E-state index contributed by atoms with van der Waals surface area (Å²) >= 11 is 0.977. The molecule has 3 saturated carbocycles. The topological polar surface area (TPSA) is 162 Å². The van der Waals surface area contributed by atoms with E-state index in [0.29, 0.717) is 12.8 Å². The standard InChI is InChI=1S/C35H41F3N6O5S/c1-6-32(4)15-23(33(5)18(2)10-12-34(19(3)27(32)47)13-11-22(45)26(33)34)49-24(46)16-50-29-25-28(42-30(39)43-29)44(17-40-25)31(48)41-21-9-7-8-20(14-21)35(36,37)38/h6-9,14,17-19,23,26-27,47H,1,10-13,15-16H2,2-5H3,(H,41,48)(H2,39,42,43)/t18-,19+,23-,26?,27+,32-,33+,34+/m1/s1. The van der Waals surface area contributed by atoms with Crippen molar-refractivity contribution in [1.29, 1.82) is 0 Å². The van der Waals surface area contributed by atoms with Crippen molar-refractivity contribution < 1.29 is 37.4 Å². The fourth-order valence-electron chi connectivity index (χ4n) is 8.92. The zero-order chi connectivity index (χ0) is 36.4. The monoisotopic (exact) mass is 714 g/mol. The highest BCUT2D eigenvalue weighted by Gasteiger charge is 2.68. The molecule has 0 radical (unpaired) electrons. The Morgan fingerprint density at radius 1 is 1.24 bits per heavy atom. The number of thioether (sulfide) groups is 1. The molecule has 2 aromatic heterocycles. The van der Waals surface area contributed by atoms with Gasteiger partial charge >= 0.3 is 18.2 Å². The summed E-state index contributed by atoms with van der Waals surface area (Å²) in [5.41, 5.74) is 3.22. The van der Waals surface area contributed by atoms with Crippen LogP contribution < -0.4 is 11.1 Å². The number of ether oxygens (including phenoxy) is 1. The molecule has 11 nitrogen and oxygen atoms in total. The number of halogens is 3. The van der Waals surface area contributed by atoms with E-state index in [2.05, 4.69) is 40.7 Å². The number of carbonyl (C=O) groups excluding carboxylic acids is 3. The van der Waals surface area contributed by atoms with E-state index >= 15 is 0 Å². The van der Waals surface area contributed by atoms with Crippen LogP contribution in [0.15, 0.2) is 48.3 Å². The number of aliphatic hydroxyl groups excluding tert-OH is 1. The number of nitrogens with zero attached hydrogens (tertiary/aromatic N) is 4. The van der Waals surface area contributed by atoms with E-state index in [1.165, 1.54) is 12.1 Å². The van der Waals surface area contributed by atoms with E-state index in [-0.39, 0.29) is 63.5 Å². The van der Waals surface area contributed by atoms with Gasteiger partial charge in [0, 0.05) is 28.9 Å². The molecule has 4 N–H and O–H groups in total. The van der Waals surface area contributed by atoms with Crippen molar-refractivity contribution >= 4 is 52.3 Å². The van der Waals surface area contributed by atoms with Gasteiger partial charge in [0.05, 0.1) is 17.4 Å². The van der Waals surface area contributed by atoms with Gasteiger partial charge in [0.2, 0.25) is 5.95 Å². The van der Waals surface area contributed by atoms with Crippen molar-refractivity contribution in [3.05, 3.63) is 48.8 Å². The predicted octanol–water partition coefficient (Wildman–Crippen LogP) is 6.51. The number of fused-ring (bicyclic) bond motifs is 1. The van der Waals surface area contributed by atoms with Crippen LogP contribution in [0.5, 0.6) is 0 Å². The summed E-state index contributed by atoms with van der Waals surface area (Å²) in [6, 6.07) is 3.35. The van der Waals surface area contributed by atoms with Gasteiger partial charge in [0.25, 0.3) is 0 Å². The number of benzene rings is 1. The molecule has 0 aliphatic heterocycles. The van der Waals surface area contributed by atoms with E-state index in [1.54, 1.807) is 6.08 Å². The maximum Gasteiger partial charge on any atom is 0.416 e. The minimum absolute atomic E-state index is 0.0117. The Labute approximate surface area is 291 Å². The molecule has 3 aliphatic carbocycles. The first-order chi connectivity index (χ1) is 23.4. The molecule has 1 amide bonds. The highest BCUT2D eigenvalue weighted by atomic mass is 32.2. The number of alkyl halides is 3. The van der Waals surface area contributed by atoms with Gasteiger partial charge in [-0.1, -0.05) is 51.6 Å². The number of hydrogen-bond donors (Lipinski definition) is 3. The first kappa shape index (κ1) is 35.8. The van der Waals surface area contributed by atoms with Gasteiger partial charge in [-0.2, -0.15) is 18.2 Å². The smallest absolute Gasteiger partial charge is 0.416 e. The molecule has 1 aromatic carbocycles. The molecule has 3 aromatic rings. The Balaban J connectivity index is 1.24. The Morgan fingerprint density at radius 3 is 2.68 bits per heavy atom. The van der Waals surface area contributed by atoms with Crippen LogP contribution in [0, 0.1) is 34.0 Å². The lowest BCUT2D eigenvalue weighted by molar-refractivity contribution is -0.205. The normalized spacial score (nSPS) is 32.6. The van der Waals surface area contributed by atoms with Crippen LogP contribution >= 0.6 is 11.8 Å². The summed E-state index contributed by atoms with van der Waals surface area (Å²) in [6.45, 7) is 12.2. The highest BCUT2D eigenvalue weighted by Crippen LogP contribution is 2.68.